The summed E-state index contributed by atoms with van der Waals surface area (Å²) < 4.78 is 16.4. The van der Waals surface area contributed by atoms with Crippen LogP contribution in [0, 0.1) is 0 Å². The monoisotopic (exact) mass is 333 g/mol. The molecule has 1 aromatic carbocycles. The summed E-state index contributed by atoms with van der Waals surface area (Å²) in [7, 11) is 1.54. The van der Waals surface area contributed by atoms with Crippen LogP contribution in [0.4, 0.5) is 0 Å². The van der Waals surface area contributed by atoms with E-state index in [0.29, 0.717) is 11.4 Å². The summed E-state index contributed by atoms with van der Waals surface area (Å²) in [4.78, 5) is 24.4. The van der Waals surface area contributed by atoms with Crippen molar-refractivity contribution in [1.82, 2.24) is 4.57 Å². The Morgan fingerprint density at radius 3 is 2.17 bits per heavy atom. The van der Waals surface area contributed by atoms with Gasteiger partial charge in [-0.25, -0.2) is 9.59 Å². The van der Waals surface area contributed by atoms with Gasteiger partial charge in [0.05, 0.1) is 26.5 Å². The minimum atomic E-state index is -0.787. The lowest BCUT2D eigenvalue weighted by Gasteiger charge is -2.10. The molecule has 2 rings (SSSR count). The van der Waals surface area contributed by atoms with E-state index in [2.05, 4.69) is 0 Å². The second kappa shape index (κ2) is 7.54. The Kier molecular flexibility index (Phi) is 5.47. The molecule has 128 valence electrons. The second-order valence-corrected chi connectivity index (χ2v) is 4.75. The average molecular weight is 333 g/mol. The van der Waals surface area contributed by atoms with E-state index < -0.39 is 11.9 Å². The van der Waals surface area contributed by atoms with Crippen molar-refractivity contribution in [2.24, 2.45) is 0 Å². The van der Waals surface area contributed by atoms with E-state index in [4.69, 9.17) is 14.2 Å². The van der Waals surface area contributed by atoms with Crippen LogP contribution in [0.2, 0.25) is 0 Å². The molecule has 0 aliphatic heterocycles. The van der Waals surface area contributed by atoms with Gasteiger partial charge in [-0.3, -0.25) is 0 Å². The number of esters is 2. The summed E-state index contributed by atoms with van der Waals surface area (Å²) in [5.41, 5.74) is 0.258. The Morgan fingerprint density at radius 2 is 1.62 bits per heavy atom. The van der Waals surface area contributed by atoms with Crippen LogP contribution in [0.5, 0.6) is 11.5 Å². The molecule has 0 fully saturated rings. The summed E-state index contributed by atoms with van der Waals surface area (Å²) in [6.07, 6.45) is 1.28. The van der Waals surface area contributed by atoms with Crippen LogP contribution in [0.1, 0.15) is 34.7 Å². The molecule has 0 saturated heterocycles. The van der Waals surface area contributed by atoms with Crippen molar-refractivity contribution in [2.45, 2.75) is 13.8 Å². The first-order valence-corrected chi connectivity index (χ1v) is 7.46. The SMILES string of the molecule is CCOC(=O)c1c(O)cn(-c2ccc(OC)cc2)c1C(=O)OCC. The molecule has 1 N–H and O–H groups in total. The molecule has 0 unspecified atom stereocenters. The molecular weight excluding hydrogens is 314 g/mol. The number of ether oxygens (including phenoxy) is 3. The highest BCUT2D eigenvalue weighted by molar-refractivity contribution is 6.05. The van der Waals surface area contributed by atoms with Crippen LogP contribution in [-0.2, 0) is 9.47 Å². The molecule has 2 aromatic rings. The number of aromatic nitrogens is 1. The highest BCUT2D eigenvalue weighted by Gasteiger charge is 2.29. The number of methoxy groups -OCH3 is 1. The number of benzene rings is 1. The molecule has 0 aliphatic carbocycles. The van der Waals surface area contributed by atoms with E-state index in [1.807, 2.05) is 0 Å². The van der Waals surface area contributed by atoms with Gasteiger partial charge < -0.3 is 23.9 Å². The third kappa shape index (κ3) is 3.34. The van der Waals surface area contributed by atoms with Crippen molar-refractivity contribution in [3.63, 3.8) is 0 Å². The Labute approximate surface area is 139 Å². The van der Waals surface area contributed by atoms with Crippen molar-refractivity contribution in [2.75, 3.05) is 20.3 Å². The molecule has 0 radical (unpaired) electrons. The lowest BCUT2D eigenvalue weighted by molar-refractivity contribution is 0.0471. The van der Waals surface area contributed by atoms with Crippen LogP contribution < -0.4 is 4.74 Å². The van der Waals surface area contributed by atoms with Gasteiger partial charge in [-0.1, -0.05) is 0 Å². The van der Waals surface area contributed by atoms with E-state index in [9.17, 15) is 14.7 Å². The first-order chi connectivity index (χ1) is 11.5. The van der Waals surface area contributed by atoms with E-state index in [1.54, 1.807) is 45.2 Å². The number of rotatable bonds is 6. The maximum absolute atomic E-state index is 12.3. The van der Waals surface area contributed by atoms with Crippen LogP contribution in [0.15, 0.2) is 30.5 Å². The number of aromatic hydroxyl groups is 1. The van der Waals surface area contributed by atoms with Crippen molar-refractivity contribution >= 4 is 11.9 Å². The fourth-order valence-electron chi connectivity index (χ4n) is 2.24. The van der Waals surface area contributed by atoms with Crippen molar-refractivity contribution in [3.05, 3.63) is 41.7 Å². The molecule has 0 aliphatic rings. The maximum Gasteiger partial charge on any atom is 0.356 e. The van der Waals surface area contributed by atoms with Gasteiger partial charge in [-0.15, -0.1) is 0 Å². The highest BCUT2D eigenvalue weighted by atomic mass is 16.5. The number of carbonyl (C=O) groups is 2. The fraction of sp³-hybridized carbons (Fsp3) is 0.294. The van der Waals surface area contributed by atoms with Crippen molar-refractivity contribution in [1.29, 1.82) is 0 Å². The number of hydrogen-bond acceptors (Lipinski definition) is 6. The third-order valence-electron chi connectivity index (χ3n) is 3.28. The molecule has 0 spiro atoms. The van der Waals surface area contributed by atoms with Crippen molar-refractivity contribution < 1.29 is 28.9 Å². The quantitative estimate of drug-likeness (QED) is 0.818. The smallest absolute Gasteiger partial charge is 0.356 e. The van der Waals surface area contributed by atoms with Gasteiger partial charge in [-0.2, -0.15) is 0 Å². The van der Waals surface area contributed by atoms with Crippen LogP contribution in [0.25, 0.3) is 5.69 Å². The first kappa shape index (κ1) is 17.4. The Bertz CT molecular complexity index is 732. The zero-order valence-electron chi connectivity index (χ0n) is 13.7. The van der Waals surface area contributed by atoms with Crippen molar-refractivity contribution in [3.8, 4) is 17.2 Å². The molecule has 1 heterocycles. The number of nitrogens with zero attached hydrogens (tertiary/aromatic N) is 1. The normalized spacial score (nSPS) is 10.3. The summed E-state index contributed by atoms with van der Waals surface area (Å²) in [5.74, 6) is -1.23. The summed E-state index contributed by atoms with van der Waals surface area (Å²) in [5, 5.41) is 10.1. The van der Waals surface area contributed by atoms with E-state index in [1.165, 1.54) is 10.8 Å². The van der Waals surface area contributed by atoms with E-state index in [0.717, 1.165) is 0 Å². The molecular formula is C17H19NO6. The van der Waals surface area contributed by atoms with Gasteiger partial charge in [0.2, 0.25) is 0 Å². The molecule has 0 amide bonds. The summed E-state index contributed by atoms with van der Waals surface area (Å²) in [6.45, 7) is 3.55. The Balaban J connectivity index is 2.59. The molecule has 24 heavy (non-hydrogen) atoms. The predicted octanol–water partition coefficient (Wildman–Crippen LogP) is 2.54. The first-order valence-electron chi connectivity index (χ1n) is 7.46. The van der Waals surface area contributed by atoms with E-state index >= 15 is 0 Å². The molecule has 0 saturated carbocycles. The fourth-order valence-corrected chi connectivity index (χ4v) is 2.24. The van der Waals surface area contributed by atoms with Gasteiger partial charge in [-0.05, 0) is 38.1 Å². The summed E-state index contributed by atoms with van der Waals surface area (Å²) >= 11 is 0. The second-order valence-electron chi connectivity index (χ2n) is 4.75. The molecule has 7 heteroatoms. The maximum atomic E-state index is 12.3. The Hall–Kier alpha value is -2.96. The van der Waals surface area contributed by atoms with Gasteiger partial charge in [0.1, 0.15) is 17.1 Å². The summed E-state index contributed by atoms with van der Waals surface area (Å²) in [6, 6.07) is 6.78. The van der Waals surface area contributed by atoms with E-state index in [-0.39, 0.29) is 30.2 Å². The highest BCUT2D eigenvalue weighted by Crippen LogP contribution is 2.29. The Morgan fingerprint density at radius 1 is 1.04 bits per heavy atom. The molecule has 1 aromatic heterocycles. The zero-order valence-corrected chi connectivity index (χ0v) is 13.7. The standard InChI is InChI=1S/C17H19NO6/c1-4-23-16(20)14-13(19)10-18(15(14)17(21)24-5-2)11-6-8-12(22-3)9-7-11/h6-10,19H,4-5H2,1-3H3. The van der Waals surface area contributed by atoms with Crippen LogP contribution >= 0.6 is 0 Å². The largest absolute Gasteiger partial charge is 0.505 e. The number of hydrogen-bond donors (Lipinski definition) is 1. The lowest BCUT2D eigenvalue weighted by Crippen LogP contribution is -2.16. The van der Waals surface area contributed by atoms with Gasteiger partial charge in [0, 0.05) is 5.69 Å². The van der Waals surface area contributed by atoms with Gasteiger partial charge >= 0.3 is 11.9 Å². The van der Waals surface area contributed by atoms with Crippen LogP contribution in [-0.4, -0.2) is 41.9 Å². The molecule has 0 bridgehead atoms. The number of carbonyl (C=O) groups excluding carboxylic acids is 2. The molecule has 0 atom stereocenters. The van der Waals surface area contributed by atoms with Crippen LogP contribution in [0.3, 0.4) is 0 Å². The van der Waals surface area contributed by atoms with Gasteiger partial charge in [0.25, 0.3) is 0 Å². The zero-order chi connectivity index (χ0) is 17.7. The van der Waals surface area contributed by atoms with Gasteiger partial charge in [0.15, 0.2) is 5.69 Å². The topological polar surface area (TPSA) is 87.0 Å². The average Bonchev–Trinajstić information content (AvgIpc) is 2.93. The predicted molar refractivity (Wildman–Crippen MR) is 85.9 cm³/mol. The lowest BCUT2D eigenvalue weighted by atomic mass is 10.2. The third-order valence-corrected chi connectivity index (χ3v) is 3.28. The molecule has 7 nitrogen and oxygen atoms in total. The minimum absolute atomic E-state index is 0.0852. The minimum Gasteiger partial charge on any atom is -0.505 e.